The van der Waals surface area contributed by atoms with Crippen LogP contribution in [0.5, 0.6) is 0 Å². The van der Waals surface area contributed by atoms with E-state index in [9.17, 15) is 4.79 Å². The summed E-state index contributed by atoms with van der Waals surface area (Å²) in [5.74, 6) is 0.827. The quantitative estimate of drug-likeness (QED) is 0.771. The van der Waals surface area contributed by atoms with Crippen LogP contribution in [-0.2, 0) is 17.9 Å². The molecule has 7 heteroatoms. The first kappa shape index (κ1) is 14.5. The van der Waals surface area contributed by atoms with E-state index >= 15 is 0 Å². The summed E-state index contributed by atoms with van der Waals surface area (Å²) in [6.45, 7) is 5.40. The normalized spacial score (nSPS) is 21.4. The number of rotatable bonds is 1. The number of likely N-dealkylation sites (N-methyl/N-ethyl adjacent to an activating group) is 1. The average Bonchev–Trinajstić information content (AvgIpc) is 2.78. The van der Waals surface area contributed by atoms with E-state index < -0.39 is 0 Å². The fourth-order valence-corrected chi connectivity index (χ4v) is 3.34. The lowest BCUT2D eigenvalue weighted by Gasteiger charge is -2.26. The van der Waals surface area contributed by atoms with Crippen LogP contribution < -0.4 is 0 Å². The molecular weight excluding hydrogens is 334 g/mol. The molecule has 6 nitrogen and oxygen atoms in total. The summed E-state index contributed by atoms with van der Waals surface area (Å²) in [5, 5.41) is 4.52. The Morgan fingerprint density at radius 2 is 2.14 bits per heavy atom. The van der Waals surface area contributed by atoms with Crippen LogP contribution >= 0.6 is 15.9 Å². The summed E-state index contributed by atoms with van der Waals surface area (Å²) >= 11 is 3.53. The molecule has 0 atom stereocenters. The first-order chi connectivity index (χ1) is 10.0. The van der Waals surface area contributed by atoms with E-state index in [1.54, 1.807) is 6.92 Å². The van der Waals surface area contributed by atoms with Crippen molar-refractivity contribution in [1.82, 2.24) is 19.6 Å². The van der Waals surface area contributed by atoms with Gasteiger partial charge < -0.3 is 4.90 Å². The lowest BCUT2D eigenvalue weighted by atomic mass is 10.2. The number of halogens is 1. The Morgan fingerprint density at radius 3 is 2.86 bits per heavy atom. The Kier molecular flexibility index (Phi) is 3.95. The van der Waals surface area contributed by atoms with Crippen molar-refractivity contribution in [2.24, 2.45) is 4.99 Å². The summed E-state index contributed by atoms with van der Waals surface area (Å²) in [7, 11) is 2.06. The van der Waals surface area contributed by atoms with Crippen LogP contribution in [0.3, 0.4) is 0 Å². The summed E-state index contributed by atoms with van der Waals surface area (Å²) in [6, 6.07) is 1.97. The highest BCUT2D eigenvalue weighted by Gasteiger charge is 2.20. The van der Waals surface area contributed by atoms with E-state index in [0.29, 0.717) is 13.1 Å². The lowest BCUT2D eigenvalue weighted by molar-refractivity contribution is -0.130. The van der Waals surface area contributed by atoms with Gasteiger partial charge in [-0.15, -0.1) is 0 Å². The van der Waals surface area contributed by atoms with Crippen LogP contribution in [-0.4, -0.2) is 57.9 Å². The standard InChI is InChI=1S/C14H18BrN5O/c1-10(21)19-3-4-20-13(9-19)6-14(17-20)16-12-5-11(15)7-18(2)8-12/h5-6H,3-4,7-9H2,1-2H3. The summed E-state index contributed by atoms with van der Waals surface area (Å²) in [5.41, 5.74) is 2.04. The maximum Gasteiger partial charge on any atom is 0.219 e. The number of carbonyl (C=O) groups excluding carboxylic acids is 1. The van der Waals surface area contributed by atoms with Gasteiger partial charge in [0.25, 0.3) is 0 Å². The number of hydrogen-bond donors (Lipinski definition) is 0. The number of amides is 1. The number of hydrogen-bond acceptors (Lipinski definition) is 4. The maximum absolute atomic E-state index is 11.5. The van der Waals surface area contributed by atoms with E-state index in [1.165, 1.54) is 0 Å². The second-order valence-corrected chi connectivity index (χ2v) is 6.54. The van der Waals surface area contributed by atoms with Crippen LogP contribution in [0.1, 0.15) is 12.6 Å². The van der Waals surface area contributed by atoms with Gasteiger partial charge in [0, 0.05) is 37.1 Å². The van der Waals surface area contributed by atoms with Gasteiger partial charge in [-0.3, -0.25) is 14.4 Å². The molecule has 0 spiro atoms. The van der Waals surface area contributed by atoms with Gasteiger partial charge in [0.15, 0.2) is 5.82 Å². The second-order valence-electron chi connectivity index (χ2n) is 5.52. The van der Waals surface area contributed by atoms with Gasteiger partial charge in [-0.1, -0.05) is 15.9 Å². The third kappa shape index (κ3) is 3.24. The van der Waals surface area contributed by atoms with Crippen LogP contribution in [0.2, 0.25) is 0 Å². The van der Waals surface area contributed by atoms with Crippen molar-refractivity contribution in [3.63, 3.8) is 0 Å². The van der Waals surface area contributed by atoms with Crippen LogP contribution in [0.4, 0.5) is 5.82 Å². The molecule has 0 bridgehead atoms. The van der Waals surface area contributed by atoms with E-state index in [2.05, 4.69) is 44.0 Å². The Hall–Kier alpha value is -1.47. The topological polar surface area (TPSA) is 53.7 Å². The van der Waals surface area contributed by atoms with Crippen LogP contribution in [0.25, 0.3) is 0 Å². The first-order valence-electron chi connectivity index (χ1n) is 6.95. The van der Waals surface area contributed by atoms with E-state index in [-0.39, 0.29) is 5.91 Å². The molecule has 0 saturated heterocycles. The molecule has 3 heterocycles. The molecule has 112 valence electrons. The maximum atomic E-state index is 11.5. The van der Waals surface area contributed by atoms with Gasteiger partial charge in [-0.05, 0) is 13.1 Å². The van der Waals surface area contributed by atoms with Gasteiger partial charge in [0.2, 0.25) is 5.91 Å². The second kappa shape index (κ2) is 5.73. The SMILES string of the molecule is CC(=O)N1CCn2nc(N=C3C=C(Br)CN(C)C3)cc2C1. The van der Waals surface area contributed by atoms with E-state index in [0.717, 1.165) is 41.3 Å². The highest BCUT2D eigenvalue weighted by Crippen LogP contribution is 2.20. The van der Waals surface area contributed by atoms with E-state index in [1.807, 2.05) is 15.6 Å². The molecule has 1 amide bonds. The van der Waals surface area contributed by atoms with Crippen LogP contribution in [0.15, 0.2) is 21.6 Å². The number of carbonyl (C=O) groups is 1. The fraction of sp³-hybridized carbons (Fsp3) is 0.500. The molecule has 1 aromatic heterocycles. The average molecular weight is 352 g/mol. The van der Waals surface area contributed by atoms with Gasteiger partial charge in [-0.25, -0.2) is 4.99 Å². The largest absolute Gasteiger partial charge is 0.335 e. The Labute approximate surface area is 132 Å². The smallest absolute Gasteiger partial charge is 0.219 e. The predicted molar refractivity (Wildman–Crippen MR) is 84.9 cm³/mol. The van der Waals surface area contributed by atoms with Crippen LogP contribution in [0, 0.1) is 0 Å². The Balaban J connectivity index is 1.83. The molecule has 3 rings (SSSR count). The van der Waals surface area contributed by atoms with Crippen molar-refractivity contribution < 1.29 is 4.79 Å². The van der Waals surface area contributed by atoms with Gasteiger partial charge in [-0.2, -0.15) is 5.10 Å². The molecule has 2 aliphatic rings. The van der Waals surface area contributed by atoms with Crippen molar-refractivity contribution in [2.45, 2.75) is 20.0 Å². The minimum Gasteiger partial charge on any atom is -0.335 e. The highest BCUT2D eigenvalue weighted by molar-refractivity contribution is 9.11. The fourth-order valence-electron chi connectivity index (χ4n) is 2.65. The number of fused-ring (bicyclic) bond motifs is 1. The lowest BCUT2D eigenvalue weighted by Crippen LogP contribution is -2.36. The molecule has 21 heavy (non-hydrogen) atoms. The third-order valence-electron chi connectivity index (χ3n) is 3.66. The third-order valence-corrected chi connectivity index (χ3v) is 4.14. The van der Waals surface area contributed by atoms with Crippen molar-refractivity contribution in [3.05, 3.63) is 22.3 Å². The molecule has 0 saturated carbocycles. The molecule has 0 fully saturated rings. The zero-order valence-electron chi connectivity index (χ0n) is 12.2. The molecule has 0 unspecified atom stereocenters. The number of aliphatic imine (C=N–C) groups is 1. The highest BCUT2D eigenvalue weighted by atomic mass is 79.9. The monoisotopic (exact) mass is 351 g/mol. The van der Waals surface area contributed by atoms with Crippen molar-refractivity contribution in [1.29, 1.82) is 0 Å². The van der Waals surface area contributed by atoms with E-state index in [4.69, 9.17) is 0 Å². The van der Waals surface area contributed by atoms with Crippen molar-refractivity contribution >= 4 is 33.4 Å². The first-order valence-corrected chi connectivity index (χ1v) is 7.75. The minimum absolute atomic E-state index is 0.107. The summed E-state index contributed by atoms with van der Waals surface area (Å²) in [6.07, 6.45) is 2.06. The summed E-state index contributed by atoms with van der Waals surface area (Å²) < 4.78 is 3.08. The summed E-state index contributed by atoms with van der Waals surface area (Å²) in [4.78, 5) is 20.1. The minimum atomic E-state index is 0.107. The predicted octanol–water partition coefficient (Wildman–Crippen LogP) is 1.54. The zero-order valence-corrected chi connectivity index (χ0v) is 13.8. The Bertz CT molecular complexity index is 633. The molecule has 0 N–H and O–H groups in total. The Morgan fingerprint density at radius 1 is 1.33 bits per heavy atom. The van der Waals surface area contributed by atoms with Crippen molar-refractivity contribution in [3.8, 4) is 0 Å². The number of aromatic nitrogens is 2. The molecule has 0 radical (unpaired) electrons. The van der Waals surface area contributed by atoms with Gasteiger partial charge in [0.1, 0.15) is 0 Å². The molecule has 0 aromatic carbocycles. The van der Waals surface area contributed by atoms with Crippen molar-refractivity contribution in [2.75, 3.05) is 26.7 Å². The number of nitrogens with zero attached hydrogens (tertiary/aromatic N) is 5. The van der Waals surface area contributed by atoms with Gasteiger partial charge >= 0.3 is 0 Å². The van der Waals surface area contributed by atoms with Gasteiger partial charge in [0.05, 0.1) is 24.5 Å². The molecule has 1 aromatic rings. The molecule has 2 aliphatic heterocycles. The molecular formula is C14H18BrN5O. The zero-order chi connectivity index (χ0) is 15.0. The molecule has 0 aliphatic carbocycles.